The van der Waals surface area contributed by atoms with E-state index in [0.29, 0.717) is 24.8 Å². The summed E-state index contributed by atoms with van der Waals surface area (Å²) < 4.78 is 22.8. The number of benzene rings is 1. The number of nitrogens with one attached hydrogen (secondary N) is 1. The van der Waals surface area contributed by atoms with E-state index in [2.05, 4.69) is 21.2 Å². The monoisotopic (exact) mass is 440 g/mol. The average molecular weight is 441 g/mol. The highest BCUT2D eigenvalue weighted by Crippen LogP contribution is 2.64. The van der Waals surface area contributed by atoms with Gasteiger partial charge in [-0.2, -0.15) is 0 Å². The second kappa shape index (κ2) is 6.31. The lowest BCUT2D eigenvalue weighted by Crippen LogP contribution is -2.58. The molecule has 5 rings (SSSR count). The lowest BCUT2D eigenvalue weighted by molar-refractivity contribution is -0.143. The van der Waals surface area contributed by atoms with Gasteiger partial charge in [0.2, 0.25) is 15.9 Å². The van der Waals surface area contributed by atoms with E-state index in [9.17, 15) is 13.2 Å². The van der Waals surface area contributed by atoms with E-state index in [0.717, 1.165) is 24.8 Å². The Kier molecular flexibility index (Phi) is 4.48. The fourth-order valence-corrected chi connectivity index (χ4v) is 7.74. The maximum atomic E-state index is 13.0. The van der Waals surface area contributed by atoms with Crippen LogP contribution in [0.15, 0.2) is 29.2 Å². The predicted molar refractivity (Wildman–Crippen MR) is 103 cm³/mol. The highest BCUT2D eigenvalue weighted by Gasteiger charge is 2.59. The molecule has 0 saturated heterocycles. The summed E-state index contributed by atoms with van der Waals surface area (Å²) in [5, 5.41) is 8.26. The molecular formula is C19H25BrN2O3S. The first-order valence-corrected chi connectivity index (χ1v) is 11.6. The average Bonchev–Trinajstić information content (AvgIpc) is 2.52. The summed E-state index contributed by atoms with van der Waals surface area (Å²) in [6, 6.07) is 6.54. The normalized spacial score (nSPS) is 35.5. The molecule has 2 unspecified atom stereocenters. The Morgan fingerprint density at radius 3 is 2.31 bits per heavy atom. The van der Waals surface area contributed by atoms with E-state index in [1.807, 2.05) is 0 Å². The molecule has 4 aliphatic carbocycles. The molecule has 0 heterocycles. The summed E-state index contributed by atoms with van der Waals surface area (Å²) in [5.41, 5.74) is 0.797. The van der Waals surface area contributed by atoms with Crippen molar-refractivity contribution in [2.45, 2.75) is 54.2 Å². The van der Waals surface area contributed by atoms with Crippen LogP contribution in [0.5, 0.6) is 0 Å². The summed E-state index contributed by atoms with van der Waals surface area (Å²) in [7, 11) is -3.66. The first-order chi connectivity index (χ1) is 12.2. The van der Waals surface area contributed by atoms with Crippen LogP contribution in [0.3, 0.4) is 0 Å². The molecule has 1 aromatic rings. The fourth-order valence-electron chi connectivity index (χ4n) is 5.77. The molecule has 4 aliphatic rings. The Morgan fingerprint density at radius 2 is 1.77 bits per heavy atom. The van der Waals surface area contributed by atoms with Gasteiger partial charge in [0.25, 0.3) is 0 Å². The van der Waals surface area contributed by atoms with Crippen molar-refractivity contribution in [1.82, 2.24) is 5.32 Å². The van der Waals surface area contributed by atoms with Crippen LogP contribution < -0.4 is 10.5 Å². The summed E-state index contributed by atoms with van der Waals surface area (Å²) in [6.07, 6.45) is 7.43. The van der Waals surface area contributed by atoms with Crippen LogP contribution in [0.1, 0.15) is 44.1 Å². The van der Waals surface area contributed by atoms with Gasteiger partial charge in [-0.05, 0) is 74.5 Å². The first kappa shape index (κ1) is 18.4. The number of halogens is 1. The van der Waals surface area contributed by atoms with Gasteiger partial charge in [-0.25, -0.2) is 13.6 Å². The van der Waals surface area contributed by atoms with Crippen LogP contribution >= 0.6 is 15.9 Å². The predicted octanol–water partition coefficient (Wildman–Crippen LogP) is 2.73. The zero-order valence-electron chi connectivity index (χ0n) is 14.7. The third-order valence-electron chi connectivity index (χ3n) is 6.42. The molecule has 0 aromatic heterocycles. The first-order valence-electron chi connectivity index (χ1n) is 9.27. The third kappa shape index (κ3) is 3.45. The summed E-state index contributed by atoms with van der Waals surface area (Å²) in [4.78, 5) is 13.1. The lowest BCUT2D eigenvalue weighted by Gasteiger charge is -2.59. The maximum absolute atomic E-state index is 13.0. The Balaban J connectivity index is 1.36. The van der Waals surface area contributed by atoms with E-state index in [4.69, 9.17) is 5.14 Å². The quantitative estimate of drug-likeness (QED) is 0.689. The third-order valence-corrected chi connectivity index (χ3v) is 8.28. The van der Waals surface area contributed by atoms with E-state index in [1.165, 1.54) is 31.4 Å². The number of sulfonamides is 1. The van der Waals surface area contributed by atoms with E-state index < -0.39 is 10.0 Å². The van der Waals surface area contributed by atoms with Gasteiger partial charge < -0.3 is 5.32 Å². The topological polar surface area (TPSA) is 89.3 Å². The van der Waals surface area contributed by atoms with Crippen LogP contribution in [0, 0.1) is 17.3 Å². The number of carbonyl (C=O) groups is 1. The van der Waals surface area contributed by atoms with Gasteiger partial charge >= 0.3 is 0 Å². The van der Waals surface area contributed by atoms with Crippen molar-refractivity contribution in [3.8, 4) is 0 Å². The molecule has 0 radical (unpaired) electrons. The van der Waals surface area contributed by atoms with E-state index in [-0.39, 0.29) is 20.5 Å². The number of amides is 1. The molecule has 0 aliphatic heterocycles. The SMILES string of the molecule is NS(=O)(=O)c1ccc(CCNC(=O)C23CC4CC(CC(Br)(C4)C2)C3)cc1. The van der Waals surface area contributed by atoms with Gasteiger partial charge in [0, 0.05) is 10.9 Å². The fraction of sp³-hybridized carbons (Fsp3) is 0.632. The van der Waals surface area contributed by atoms with Gasteiger partial charge in [-0.3, -0.25) is 4.79 Å². The Hall–Kier alpha value is -0.920. The number of hydrogen-bond donors (Lipinski definition) is 2. The van der Waals surface area contributed by atoms with Crippen LogP contribution in [-0.2, 0) is 21.2 Å². The highest BCUT2D eigenvalue weighted by molar-refractivity contribution is 9.10. The van der Waals surface area contributed by atoms with Crippen molar-refractivity contribution in [1.29, 1.82) is 0 Å². The van der Waals surface area contributed by atoms with Crippen LogP contribution in [0.2, 0.25) is 0 Å². The van der Waals surface area contributed by atoms with E-state index in [1.54, 1.807) is 12.1 Å². The standard InChI is InChI=1S/C19H25BrN2O3S/c20-19-10-14-7-15(11-19)9-18(8-14,12-19)17(23)22-6-5-13-1-3-16(4-2-13)26(21,24)25/h1-4,14-15H,5-12H2,(H,22,23)(H2,21,24,25). The molecule has 142 valence electrons. The molecule has 3 N–H and O–H groups in total. The Morgan fingerprint density at radius 1 is 1.15 bits per heavy atom. The van der Waals surface area contributed by atoms with Gasteiger partial charge in [-0.15, -0.1) is 0 Å². The lowest BCUT2D eigenvalue weighted by atomic mass is 9.49. The molecule has 1 aromatic carbocycles. The highest BCUT2D eigenvalue weighted by atomic mass is 79.9. The minimum absolute atomic E-state index is 0.112. The summed E-state index contributed by atoms with van der Waals surface area (Å²) in [6.45, 7) is 0.569. The zero-order chi connectivity index (χ0) is 18.6. The number of hydrogen-bond acceptors (Lipinski definition) is 3. The molecule has 7 heteroatoms. The summed E-state index contributed by atoms with van der Waals surface area (Å²) >= 11 is 3.95. The largest absolute Gasteiger partial charge is 0.355 e. The Bertz CT molecular complexity index is 808. The number of rotatable bonds is 5. The van der Waals surface area contributed by atoms with Crippen LogP contribution in [0.4, 0.5) is 0 Å². The van der Waals surface area contributed by atoms with Crippen LogP contribution in [0.25, 0.3) is 0 Å². The minimum Gasteiger partial charge on any atom is -0.355 e. The van der Waals surface area contributed by atoms with Gasteiger partial charge in [0.1, 0.15) is 0 Å². The zero-order valence-corrected chi connectivity index (χ0v) is 17.1. The van der Waals surface area contributed by atoms with E-state index >= 15 is 0 Å². The molecule has 4 bridgehead atoms. The van der Waals surface area contributed by atoms with Gasteiger partial charge in [-0.1, -0.05) is 28.1 Å². The molecule has 0 spiro atoms. The molecule has 2 atom stereocenters. The number of alkyl halides is 1. The van der Waals surface area contributed by atoms with Crippen molar-refractivity contribution < 1.29 is 13.2 Å². The molecule has 1 amide bonds. The number of nitrogens with two attached hydrogens (primary N) is 1. The van der Waals surface area contributed by atoms with Crippen molar-refractivity contribution >= 4 is 31.9 Å². The van der Waals surface area contributed by atoms with Crippen LogP contribution in [-0.4, -0.2) is 25.2 Å². The minimum atomic E-state index is -3.66. The van der Waals surface area contributed by atoms with Gasteiger partial charge in [0.05, 0.1) is 10.3 Å². The maximum Gasteiger partial charge on any atom is 0.238 e. The molecule has 26 heavy (non-hydrogen) atoms. The molecule has 4 fully saturated rings. The Labute approximate surface area is 163 Å². The smallest absolute Gasteiger partial charge is 0.238 e. The molecular weight excluding hydrogens is 416 g/mol. The number of primary sulfonamides is 1. The summed E-state index contributed by atoms with van der Waals surface area (Å²) in [5.74, 6) is 1.58. The molecule has 4 saturated carbocycles. The second-order valence-electron chi connectivity index (χ2n) is 8.59. The van der Waals surface area contributed by atoms with Crippen molar-refractivity contribution in [2.24, 2.45) is 22.4 Å². The second-order valence-corrected chi connectivity index (χ2v) is 11.8. The van der Waals surface area contributed by atoms with Crippen molar-refractivity contribution in [3.63, 3.8) is 0 Å². The van der Waals surface area contributed by atoms with Crippen molar-refractivity contribution in [2.75, 3.05) is 6.54 Å². The van der Waals surface area contributed by atoms with Gasteiger partial charge in [0.15, 0.2) is 0 Å². The number of carbonyl (C=O) groups excluding carboxylic acids is 1. The molecule has 5 nitrogen and oxygen atoms in total. The van der Waals surface area contributed by atoms with Crippen molar-refractivity contribution in [3.05, 3.63) is 29.8 Å².